The van der Waals surface area contributed by atoms with Crippen LogP contribution in [0.25, 0.3) is 22.0 Å². The Balaban J connectivity index is 1.70. The van der Waals surface area contributed by atoms with Gasteiger partial charge in [0.15, 0.2) is 21.3 Å². The van der Waals surface area contributed by atoms with Crippen LogP contribution in [0, 0.1) is 11.8 Å². The molecule has 6 heteroatoms. The summed E-state index contributed by atoms with van der Waals surface area (Å²) >= 11 is 0. The predicted octanol–water partition coefficient (Wildman–Crippen LogP) is 4.46. The Kier molecular flexibility index (Phi) is 5.45. The van der Waals surface area contributed by atoms with E-state index < -0.39 is 15.1 Å². The van der Waals surface area contributed by atoms with Gasteiger partial charge in [0.25, 0.3) is 0 Å². The summed E-state index contributed by atoms with van der Waals surface area (Å²) in [5.74, 6) is 6.44. The van der Waals surface area contributed by atoms with Crippen LogP contribution in [0.15, 0.2) is 77.8 Å². The molecule has 0 aliphatic heterocycles. The minimum Gasteiger partial charge on any atom is -0.381 e. The van der Waals surface area contributed by atoms with E-state index >= 15 is 0 Å². The summed E-state index contributed by atoms with van der Waals surface area (Å²) in [7, 11) is -3.33. The normalized spacial score (nSPS) is 11.3. The van der Waals surface area contributed by atoms with Crippen molar-refractivity contribution in [2.75, 3.05) is 5.73 Å². The second kappa shape index (κ2) is 8.21. The van der Waals surface area contributed by atoms with E-state index in [0.29, 0.717) is 11.4 Å². The van der Waals surface area contributed by atoms with Crippen LogP contribution < -0.4 is 5.73 Å². The third-order valence-electron chi connectivity index (χ3n) is 5.01. The Labute approximate surface area is 181 Å². The molecule has 0 saturated heterocycles. The summed E-state index contributed by atoms with van der Waals surface area (Å²) in [5.41, 5.74) is 8.58. The number of fused-ring (bicyclic) bond motifs is 1. The van der Waals surface area contributed by atoms with Crippen LogP contribution in [-0.4, -0.2) is 23.6 Å². The van der Waals surface area contributed by atoms with Crippen molar-refractivity contribution in [2.45, 2.75) is 24.0 Å². The molecule has 0 atom stereocenters. The first-order valence-electron chi connectivity index (χ1n) is 9.83. The number of hydrogen-bond acceptors (Lipinski definition) is 5. The summed E-state index contributed by atoms with van der Waals surface area (Å²) < 4.78 is 24.7. The average molecular weight is 428 g/mol. The molecule has 31 heavy (non-hydrogen) atoms. The molecule has 0 fully saturated rings. The largest absolute Gasteiger partial charge is 0.381 e. The van der Waals surface area contributed by atoms with Gasteiger partial charge in [-0.1, -0.05) is 54.5 Å². The van der Waals surface area contributed by atoms with Crippen molar-refractivity contribution in [1.82, 2.24) is 9.97 Å². The van der Waals surface area contributed by atoms with Crippen molar-refractivity contribution in [2.24, 2.45) is 0 Å². The molecule has 2 N–H and O–H groups in total. The molecule has 1 heterocycles. The van der Waals surface area contributed by atoms with E-state index in [2.05, 4.69) is 21.8 Å². The molecule has 0 aliphatic rings. The standard InChI is InChI=1S/C25H21N3O2S/c1-17(2)31(29,30)21-13-10-20(11-14-21)24-16-27-25(26)23(28-24)15-12-19-8-5-7-18-6-3-4-9-22(18)19/h3-11,13-14,16-17H,1-2H3,(H2,26,27). The molecule has 0 saturated carbocycles. The monoisotopic (exact) mass is 427 g/mol. The number of rotatable bonds is 3. The van der Waals surface area contributed by atoms with E-state index in [9.17, 15) is 8.42 Å². The average Bonchev–Trinajstić information content (AvgIpc) is 2.78. The highest BCUT2D eigenvalue weighted by atomic mass is 32.2. The topological polar surface area (TPSA) is 85.9 Å². The van der Waals surface area contributed by atoms with Gasteiger partial charge in [-0.15, -0.1) is 0 Å². The first kappa shape index (κ1) is 20.6. The van der Waals surface area contributed by atoms with Crippen molar-refractivity contribution in [3.8, 4) is 23.1 Å². The van der Waals surface area contributed by atoms with Crippen molar-refractivity contribution < 1.29 is 8.42 Å². The number of nitrogens with two attached hydrogens (primary N) is 1. The van der Waals surface area contributed by atoms with Crippen molar-refractivity contribution >= 4 is 26.4 Å². The molecule has 1 aromatic heterocycles. The zero-order valence-electron chi connectivity index (χ0n) is 17.2. The van der Waals surface area contributed by atoms with Crippen LogP contribution in [-0.2, 0) is 9.84 Å². The SMILES string of the molecule is CC(C)S(=O)(=O)c1ccc(-c2cnc(N)c(C#Cc3cccc4ccccc34)n2)cc1. The van der Waals surface area contributed by atoms with E-state index in [1.807, 2.05) is 42.5 Å². The summed E-state index contributed by atoms with van der Waals surface area (Å²) in [4.78, 5) is 9.06. The lowest BCUT2D eigenvalue weighted by molar-refractivity contribution is 0.587. The second-order valence-electron chi connectivity index (χ2n) is 7.38. The smallest absolute Gasteiger partial charge is 0.180 e. The maximum atomic E-state index is 12.3. The lowest BCUT2D eigenvalue weighted by atomic mass is 10.0. The number of hydrogen-bond donors (Lipinski definition) is 1. The Hall–Kier alpha value is -3.69. The van der Waals surface area contributed by atoms with E-state index in [0.717, 1.165) is 21.9 Å². The molecule has 4 rings (SSSR count). The Bertz CT molecular complexity index is 1430. The molecule has 154 valence electrons. The van der Waals surface area contributed by atoms with Gasteiger partial charge < -0.3 is 5.73 Å². The van der Waals surface area contributed by atoms with Crippen LogP contribution in [0.2, 0.25) is 0 Å². The number of sulfone groups is 1. The quantitative estimate of drug-likeness (QED) is 0.488. The van der Waals surface area contributed by atoms with Crippen molar-refractivity contribution in [3.63, 3.8) is 0 Å². The zero-order valence-corrected chi connectivity index (χ0v) is 18.0. The highest BCUT2D eigenvalue weighted by molar-refractivity contribution is 7.92. The number of benzene rings is 3. The highest BCUT2D eigenvalue weighted by Crippen LogP contribution is 2.23. The molecule has 0 radical (unpaired) electrons. The van der Waals surface area contributed by atoms with E-state index in [1.54, 1.807) is 44.3 Å². The van der Waals surface area contributed by atoms with Crippen molar-refractivity contribution in [3.05, 3.63) is 84.2 Å². The van der Waals surface area contributed by atoms with E-state index in [1.165, 1.54) is 0 Å². The molecule has 4 aromatic rings. The van der Waals surface area contributed by atoms with Crippen LogP contribution >= 0.6 is 0 Å². The number of aromatic nitrogens is 2. The maximum absolute atomic E-state index is 12.3. The van der Waals surface area contributed by atoms with Crippen molar-refractivity contribution in [1.29, 1.82) is 0 Å². The molecular weight excluding hydrogens is 406 g/mol. The van der Waals surface area contributed by atoms with Crippen LogP contribution in [0.1, 0.15) is 25.1 Å². The Morgan fingerprint density at radius 1 is 0.903 bits per heavy atom. The number of nitrogen functional groups attached to an aromatic ring is 1. The minimum atomic E-state index is -3.33. The first-order chi connectivity index (χ1) is 14.9. The van der Waals surface area contributed by atoms with Gasteiger partial charge in [-0.05, 0) is 48.7 Å². The third-order valence-corrected chi connectivity index (χ3v) is 7.18. The molecule has 0 bridgehead atoms. The van der Waals surface area contributed by atoms with Gasteiger partial charge in [-0.2, -0.15) is 0 Å². The highest BCUT2D eigenvalue weighted by Gasteiger charge is 2.19. The molecule has 3 aromatic carbocycles. The molecule has 5 nitrogen and oxygen atoms in total. The Morgan fingerprint density at radius 3 is 2.35 bits per heavy atom. The van der Waals surface area contributed by atoms with E-state index in [4.69, 9.17) is 5.73 Å². The second-order valence-corrected chi connectivity index (χ2v) is 9.89. The Morgan fingerprint density at radius 2 is 1.61 bits per heavy atom. The number of anilines is 1. The van der Waals surface area contributed by atoms with Gasteiger partial charge in [0.05, 0.1) is 22.0 Å². The molecule has 0 spiro atoms. The van der Waals surface area contributed by atoms with Gasteiger partial charge in [0.1, 0.15) is 0 Å². The van der Waals surface area contributed by atoms with Gasteiger partial charge in [-0.25, -0.2) is 18.4 Å². The minimum absolute atomic E-state index is 0.246. The molecule has 0 amide bonds. The summed E-state index contributed by atoms with van der Waals surface area (Å²) in [6.45, 7) is 3.32. The fraction of sp³-hybridized carbons (Fsp3) is 0.120. The summed E-state index contributed by atoms with van der Waals surface area (Å²) in [6, 6.07) is 20.6. The zero-order chi connectivity index (χ0) is 22.0. The lowest BCUT2D eigenvalue weighted by Gasteiger charge is -2.09. The van der Waals surface area contributed by atoms with Gasteiger partial charge >= 0.3 is 0 Å². The maximum Gasteiger partial charge on any atom is 0.180 e. The summed E-state index contributed by atoms with van der Waals surface area (Å²) in [6.07, 6.45) is 1.56. The first-order valence-corrected chi connectivity index (χ1v) is 11.4. The van der Waals surface area contributed by atoms with Gasteiger partial charge in [-0.3, -0.25) is 0 Å². The fourth-order valence-electron chi connectivity index (χ4n) is 3.18. The predicted molar refractivity (Wildman–Crippen MR) is 124 cm³/mol. The van der Waals surface area contributed by atoms with Crippen LogP contribution in [0.5, 0.6) is 0 Å². The number of nitrogens with zero attached hydrogens (tertiary/aromatic N) is 2. The van der Waals surface area contributed by atoms with Gasteiger partial charge in [0, 0.05) is 11.1 Å². The molecule has 0 aliphatic carbocycles. The van der Waals surface area contributed by atoms with Gasteiger partial charge in [0.2, 0.25) is 0 Å². The fourth-order valence-corrected chi connectivity index (χ4v) is 4.24. The molecular formula is C25H21N3O2S. The third kappa shape index (κ3) is 4.14. The summed E-state index contributed by atoms with van der Waals surface area (Å²) in [5, 5.41) is 1.69. The molecule has 0 unspecified atom stereocenters. The van der Waals surface area contributed by atoms with Crippen LogP contribution in [0.4, 0.5) is 5.82 Å². The lowest BCUT2D eigenvalue weighted by Crippen LogP contribution is -2.13. The van der Waals surface area contributed by atoms with Crippen LogP contribution in [0.3, 0.4) is 0 Å². The van der Waals surface area contributed by atoms with E-state index in [-0.39, 0.29) is 10.7 Å².